The van der Waals surface area contributed by atoms with Gasteiger partial charge in [-0.15, -0.1) is 0 Å². The predicted molar refractivity (Wildman–Crippen MR) is 101 cm³/mol. The average Bonchev–Trinajstić information content (AvgIpc) is 2.31. The zero-order valence-electron chi connectivity index (χ0n) is 16.8. The third kappa shape index (κ3) is 8.59. The van der Waals surface area contributed by atoms with Gasteiger partial charge >= 0.3 is 0 Å². The summed E-state index contributed by atoms with van der Waals surface area (Å²) in [4.78, 5) is 0. The van der Waals surface area contributed by atoms with Crippen LogP contribution in [0.3, 0.4) is 0 Å². The van der Waals surface area contributed by atoms with E-state index in [0.29, 0.717) is 5.41 Å². The second-order valence-corrected chi connectivity index (χ2v) is 10.1. The lowest BCUT2D eigenvalue weighted by Crippen LogP contribution is -2.18. The van der Waals surface area contributed by atoms with Gasteiger partial charge in [0.05, 0.1) is 0 Å². The quantitative estimate of drug-likeness (QED) is 0.429. The van der Waals surface area contributed by atoms with Crippen LogP contribution in [0.2, 0.25) is 0 Å². The van der Waals surface area contributed by atoms with Gasteiger partial charge in [0.2, 0.25) is 0 Å². The van der Waals surface area contributed by atoms with Gasteiger partial charge in [-0.3, -0.25) is 0 Å². The van der Waals surface area contributed by atoms with Crippen molar-refractivity contribution in [3.63, 3.8) is 0 Å². The zero-order chi connectivity index (χ0) is 16.8. The van der Waals surface area contributed by atoms with Crippen LogP contribution in [0.5, 0.6) is 0 Å². The molecule has 0 saturated heterocycles. The molecule has 22 heavy (non-hydrogen) atoms. The van der Waals surface area contributed by atoms with E-state index in [1.54, 1.807) is 0 Å². The van der Waals surface area contributed by atoms with E-state index in [1.807, 2.05) is 0 Å². The molecule has 0 heteroatoms. The number of hydrogen-bond donors (Lipinski definition) is 0. The molecule has 5 unspecified atom stereocenters. The highest BCUT2D eigenvalue weighted by molar-refractivity contribution is 4.75. The first kappa shape index (κ1) is 20.0. The topological polar surface area (TPSA) is 0 Å². The summed E-state index contributed by atoms with van der Waals surface area (Å²) in [7, 11) is 0. The summed E-state index contributed by atoms with van der Waals surface area (Å²) in [5.41, 5.74) is 0.543. The summed E-state index contributed by atoms with van der Waals surface area (Å²) < 4.78 is 0. The minimum atomic E-state index is 0.543. The normalized spacial score (nSPS) is 39.7. The molecular weight excluding hydrogens is 264 g/mol. The van der Waals surface area contributed by atoms with E-state index in [2.05, 4.69) is 48.5 Å². The van der Waals surface area contributed by atoms with Crippen molar-refractivity contribution < 1.29 is 0 Å². The van der Waals surface area contributed by atoms with Gasteiger partial charge in [0.25, 0.3) is 0 Å². The second kappa shape index (κ2) is 9.33. The Balaban J connectivity index is 2.64. The Morgan fingerprint density at radius 3 is 1.59 bits per heavy atom. The summed E-state index contributed by atoms with van der Waals surface area (Å²) in [6.07, 6.45) is 12.9. The van der Waals surface area contributed by atoms with Crippen molar-refractivity contribution in [2.24, 2.45) is 35.0 Å². The first-order valence-electron chi connectivity index (χ1n) is 10.2. The van der Waals surface area contributed by atoms with Crippen molar-refractivity contribution in [2.45, 2.75) is 106 Å². The maximum absolute atomic E-state index is 2.50. The van der Waals surface area contributed by atoms with Gasteiger partial charge in [-0.25, -0.2) is 0 Å². The maximum Gasteiger partial charge on any atom is -0.0352 e. The van der Waals surface area contributed by atoms with Crippen molar-refractivity contribution in [2.75, 3.05) is 0 Å². The van der Waals surface area contributed by atoms with Crippen LogP contribution in [0, 0.1) is 35.0 Å². The van der Waals surface area contributed by atoms with Crippen molar-refractivity contribution in [3.8, 4) is 0 Å². The summed E-state index contributed by atoms with van der Waals surface area (Å²) >= 11 is 0. The van der Waals surface area contributed by atoms with Crippen LogP contribution < -0.4 is 0 Å². The van der Waals surface area contributed by atoms with Crippen LogP contribution in [0.25, 0.3) is 0 Å². The van der Waals surface area contributed by atoms with Crippen LogP contribution >= 0.6 is 0 Å². The van der Waals surface area contributed by atoms with Crippen molar-refractivity contribution in [1.29, 1.82) is 0 Å². The van der Waals surface area contributed by atoms with Gasteiger partial charge in [0.15, 0.2) is 0 Å². The second-order valence-electron chi connectivity index (χ2n) is 10.1. The third-order valence-corrected chi connectivity index (χ3v) is 5.92. The van der Waals surface area contributed by atoms with E-state index < -0.39 is 0 Å². The molecule has 0 radical (unpaired) electrons. The fourth-order valence-corrected chi connectivity index (χ4v) is 5.38. The van der Waals surface area contributed by atoms with Crippen LogP contribution in [0.4, 0.5) is 0 Å². The Hall–Kier alpha value is 0. The Morgan fingerprint density at radius 2 is 1.05 bits per heavy atom. The molecule has 0 bridgehead atoms. The molecule has 5 atom stereocenters. The van der Waals surface area contributed by atoms with E-state index in [0.717, 1.165) is 29.6 Å². The summed E-state index contributed by atoms with van der Waals surface area (Å²) in [6, 6.07) is 0. The smallest absolute Gasteiger partial charge is 0.0352 e. The standard InChI is InChI=1S/C22H44/c1-17-10-8-9-11-22(6,7)16-21(5)15-20(4)14-19(3)13-18(2)12-17/h17-21H,8-16H2,1-7H3. The number of rotatable bonds is 0. The van der Waals surface area contributed by atoms with Crippen LogP contribution in [-0.4, -0.2) is 0 Å². The van der Waals surface area contributed by atoms with Crippen molar-refractivity contribution in [3.05, 3.63) is 0 Å². The molecule has 0 aromatic heterocycles. The Bertz CT molecular complexity index is 290. The molecule has 1 aliphatic carbocycles. The molecule has 1 aliphatic rings. The molecular formula is C22H44. The summed E-state index contributed by atoms with van der Waals surface area (Å²) in [5.74, 6) is 4.53. The lowest BCUT2D eigenvalue weighted by molar-refractivity contribution is 0.219. The van der Waals surface area contributed by atoms with Gasteiger partial charge in [-0.05, 0) is 73.5 Å². The highest BCUT2D eigenvalue weighted by atomic mass is 14.3. The SMILES string of the molecule is CC1CCCCC(C)(C)CC(C)CC(C)CC(C)CC(C)C1. The van der Waals surface area contributed by atoms with E-state index in [-0.39, 0.29) is 0 Å². The Labute approximate surface area is 141 Å². The predicted octanol–water partition coefficient (Wildman–Crippen LogP) is 7.72. The van der Waals surface area contributed by atoms with Gasteiger partial charge in [0, 0.05) is 0 Å². The third-order valence-electron chi connectivity index (χ3n) is 5.92. The molecule has 0 aromatic carbocycles. The highest BCUT2D eigenvalue weighted by Crippen LogP contribution is 2.36. The molecule has 0 nitrogen and oxygen atoms in total. The molecule has 0 amide bonds. The van der Waals surface area contributed by atoms with Crippen molar-refractivity contribution >= 4 is 0 Å². The summed E-state index contributed by atoms with van der Waals surface area (Å²) in [6.45, 7) is 17.4. The minimum absolute atomic E-state index is 0.543. The Kier molecular flexibility index (Phi) is 8.50. The molecule has 0 aliphatic heterocycles. The molecule has 1 saturated carbocycles. The lowest BCUT2D eigenvalue weighted by Gasteiger charge is -2.30. The molecule has 0 N–H and O–H groups in total. The molecule has 0 spiro atoms. The Morgan fingerprint density at radius 1 is 0.591 bits per heavy atom. The molecule has 0 heterocycles. The molecule has 0 aromatic rings. The van der Waals surface area contributed by atoms with Crippen LogP contribution in [-0.2, 0) is 0 Å². The van der Waals surface area contributed by atoms with Gasteiger partial charge in [-0.1, -0.05) is 67.7 Å². The molecule has 1 rings (SSSR count). The zero-order valence-corrected chi connectivity index (χ0v) is 16.8. The largest absolute Gasteiger partial charge is 0.0625 e. The highest BCUT2D eigenvalue weighted by Gasteiger charge is 2.23. The van der Waals surface area contributed by atoms with E-state index in [1.165, 1.54) is 57.8 Å². The fraction of sp³-hybridized carbons (Fsp3) is 1.00. The van der Waals surface area contributed by atoms with Gasteiger partial charge < -0.3 is 0 Å². The first-order chi connectivity index (χ1) is 10.2. The van der Waals surface area contributed by atoms with E-state index in [4.69, 9.17) is 0 Å². The maximum atomic E-state index is 2.50. The summed E-state index contributed by atoms with van der Waals surface area (Å²) in [5, 5.41) is 0. The van der Waals surface area contributed by atoms with Gasteiger partial charge in [-0.2, -0.15) is 0 Å². The van der Waals surface area contributed by atoms with Crippen molar-refractivity contribution in [1.82, 2.24) is 0 Å². The van der Waals surface area contributed by atoms with Crippen LogP contribution in [0.15, 0.2) is 0 Å². The molecule has 132 valence electrons. The van der Waals surface area contributed by atoms with Crippen LogP contribution in [0.1, 0.15) is 106 Å². The monoisotopic (exact) mass is 308 g/mol. The van der Waals surface area contributed by atoms with Gasteiger partial charge in [0.1, 0.15) is 0 Å². The van der Waals surface area contributed by atoms with E-state index in [9.17, 15) is 0 Å². The van der Waals surface area contributed by atoms with E-state index >= 15 is 0 Å². The average molecular weight is 309 g/mol. The number of hydrogen-bond acceptors (Lipinski definition) is 0. The fourth-order valence-electron chi connectivity index (χ4n) is 5.38. The lowest BCUT2D eigenvalue weighted by atomic mass is 9.76. The first-order valence-corrected chi connectivity index (χ1v) is 10.2. The minimum Gasteiger partial charge on any atom is -0.0625 e. The molecule has 1 fully saturated rings.